The van der Waals surface area contributed by atoms with Gasteiger partial charge in [-0.05, 0) is 53.8 Å². The van der Waals surface area contributed by atoms with Gasteiger partial charge in [-0.15, -0.1) is 0 Å². The Morgan fingerprint density at radius 1 is 1.05 bits per heavy atom. The van der Waals surface area contributed by atoms with E-state index in [1.165, 1.54) is 6.07 Å². The topological polar surface area (TPSA) is 89.6 Å². The molecule has 3 aromatic rings. The van der Waals surface area contributed by atoms with E-state index in [9.17, 15) is 13.5 Å². The Morgan fingerprint density at radius 2 is 1.77 bits per heavy atom. The molecule has 0 aromatic heterocycles. The SMILES string of the molecule is Cc1cc(C)c2c(O)cc3cc(OS(N)(=O)=O)ccc3c2c1. The maximum atomic E-state index is 11.0. The lowest BCUT2D eigenvalue weighted by Crippen LogP contribution is -2.18. The summed E-state index contributed by atoms with van der Waals surface area (Å²) >= 11 is 0. The van der Waals surface area contributed by atoms with E-state index in [1.807, 2.05) is 26.0 Å². The molecular weight excluding hydrogens is 302 g/mol. The summed E-state index contributed by atoms with van der Waals surface area (Å²) in [5.41, 5.74) is 2.07. The van der Waals surface area contributed by atoms with Crippen molar-refractivity contribution in [2.24, 2.45) is 5.14 Å². The maximum Gasteiger partial charge on any atom is 0.380 e. The molecule has 114 valence electrons. The predicted molar refractivity (Wildman–Crippen MR) is 86.3 cm³/mol. The molecule has 0 aliphatic carbocycles. The second-order valence-electron chi connectivity index (χ2n) is 5.36. The van der Waals surface area contributed by atoms with Crippen LogP contribution in [0.4, 0.5) is 0 Å². The zero-order valence-corrected chi connectivity index (χ0v) is 12.9. The van der Waals surface area contributed by atoms with Crippen LogP contribution in [0.25, 0.3) is 21.5 Å². The first-order valence-electron chi connectivity index (χ1n) is 6.63. The van der Waals surface area contributed by atoms with E-state index in [0.717, 1.165) is 27.3 Å². The molecule has 5 nitrogen and oxygen atoms in total. The highest BCUT2D eigenvalue weighted by atomic mass is 32.2. The van der Waals surface area contributed by atoms with Gasteiger partial charge in [-0.1, -0.05) is 23.8 Å². The molecule has 0 amide bonds. The Kier molecular flexibility index (Phi) is 3.23. The van der Waals surface area contributed by atoms with Crippen LogP contribution in [0.3, 0.4) is 0 Å². The van der Waals surface area contributed by atoms with Crippen LogP contribution in [0.2, 0.25) is 0 Å². The van der Waals surface area contributed by atoms with Gasteiger partial charge in [0.2, 0.25) is 0 Å². The van der Waals surface area contributed by atoms with Gasteiger partial charge in [0.05, 0.1) is 0 Å². The minimum atomic E-state index is -4.07. The number of nitrogens with two attached hydrogens (primary N) is 1. The molecule has 22 heavy (non-hydrogen) atoms. The summed E-state index contributed by atoms with van der Waals surface area (Å²) in [5, 5.41) is 18.4. The van der Waals surface area contributed by atoms with Crippen molar-refractivity contribution in [2.75, 3.05) is 0 Å². The molecule has 0 radical (unpaired) electrons. The molecule has 3 aromatic carbocycles. The Hall–Kier alpha value is -2.31. The second kappa shape index (κ2) is 4.86. The standard InChI is InChI=1S/C16H15NO4S/c1-9-5-10(2)16-14(6-9)13-4-3-12(21-22(17,19)20)7-11(13)8-15(16)18/h3-8,18H,1-2H3,(H2,17,19,20). The Labute approximate surface area is 128 Å². The number of aromatic hydroxyl groups is 1. The fraction of sp³-hybridized carbons (Fsp3) is 0.125. The van der Waals surface area contributed by atoms with E-state index in [1.54, 1.807) is 18.2 Å². The largest absolute Gasteiger partial charge is 0.507 e. The van der Waals surface area contributed by atoms with E-state index in [2.05, 4.69) is 4.18 Å². The van der Waals surface area contributed by atoms with Crippen molar-refractivity contribution in [1.82, 2.24) is 0 Å². The smallest absolute Gasteiger partial charge is 0.380 e. The van der Waals surface area contributed by atoms with Gasteiger partial charge in [0.1, 0.15) is 11.5 Å². The number of phenolic OH excluding ortho intramolecular Hbond substituents is 1. The van der Waals surface area contributed by atoms with Gasteiger partial charge in [0.15, 0.2) is 0 Å². The van der Waals surface area contributed by atoms with E-state index < -0.39 is 10.3 Å². The maximum absolute atomic E-state index is 11.0. The van der Waals surface area contributed by atoms with E-state index in [0.29, 0.717) is 5.39 Å². The summed E-state index contributed by atoms with van der Waals surface area (Å²) in [7, 11) is -4.07. The number of rotatable bonds is 2. The molecule has 3 rings (SSSR count). The highest BCUT2D eigenvalue weighted by molar-refractivity contribution is 7.84. The van der Waals surface area contributed by atoms with Gasteiger partial charge < -0.3 is 9.29 Å². The Bertz CT molecular complexity index is 1010. The highest BCUT2D eigenvalue weighted by Crippen LogP contribution is 2.37. The van der Waals surface area contributed by atoms with Crippen LogP contribution >= 0.6 is 0 Å². The van der Waals surface area contributed by atoms with Gasteiger partial charge in [-0.3, -0.25) is 0 Å². The van der Waals surface area contributed by atoms with E-state index in [4.69, 9.17) is 5.14 Å². The number of phenols is 1. The molecule has 0 saturated heterocycles. The van der Waals surface area contributed by atoms with Crippen molar-refractivity contribution in [1.29, 1.82) is 0 Å². The highest BCUT2D eigenvalue weighted by Gasteiger charge is 2.11. The molecule has 0 atom stereocenters. The number of aryl methyl sites for hydroxylation is 2. The van der Waals surface area contributed by atoms with Gasteiger partial charge >= 0.3 is 10.3 Å². The van der Waals surface area contributed by atoms with Gasteiger partial charge in [-0.2, -0.15) is 13.6 Å². The van der Waals surface area contributed by atoms with Gasteiger partial charge in [0, 0.05) is 5.39 Å². The van der Waals surface area contributed by atoms with E-state index >= 15 is 0 Å². The van der Waals surface area contributed by atoms with E-state index in [-0.39, 0.29) is 11.5 Å². The minimum absolute atomic E-state index is 0.109. The fourth-order valence-electron chi connectivity index (χ4n) is 2.83. The molecule has 0 aliphatic heterocycles. The second-order valence-corrected chi connectivity index (χ2v) is 6.51. The van der Waals surface area contributed by atoms with Crippen LogP contribution in [-0.2, 0) is 10.3 Å². The van der Waals surface area contributed by atoms with Crippen molar-refractivity contribution in [3.63, 3.8) is 0 Å². The van der Waals surface area contributed by atoms with Gasteiger partial charge in [-0.25, -0.2) is 0 Å². The molecule has 0 saturated carbocycles. The third-order valence-electron chi connectivity index (χ3n) is 3.55. The third kappa shape index (κ3) is 2.58. The zero-order valence-electron chi connectivity index (χ0n) is 12.1. The van der Waals surface area contributed by atoms with Crippen molar-refractivity contribution in [3.8, 4) is 11.5 Å². The average Bonchev–Trinajstić information content (AvgIpc) is 2.35. The lowest BCUT2D eigenvalue weighted by Gasteiger charge is -2.11. The summed E-state index contributed by atoms with van der Waals surface area (Å²) in [6, 6.07) is 10.4. The number of benzene rings is 3. The normalized spacial score (nSPS) is 12.0. The first-order valence-corrected chi connectivity index (χ1v) is 8.10. The molecule has 0 unspecified atom stereocenters. The molecule has 0 heterocycles. The van der Waals surface area contributed by atoms with Crippen LogP contribution in [-0.4, -0.2) is 13.5 Å². The van der Waals surface area contributed by atoms with Crippen molar-refractivity contribution < 1.29 is 17.7 Å². The zero-order chi connectivity index (χ0) is 16.1. The van der Waals surface area contributed by atoms with Crippen molar-refractivity contribution in [3.05, 3.63) is 47.5 Å². The molecular formula is C16H15NO4S. The summed E-state index contributed by atoms with van der Waals surface area (Å²) < 4.78 is 26.7. The van der Waals surface area contributed by atoms with Crippen LogP contribution < -0.4 is 9.32 Å². The summed E-state index contributed by atoms with van der Waals surface area (Å²) in [6.07, 6.45) is 0. The average molecular weight is 317 g/mol. The summed E-state index contributed by atoms with van der Waals surface area (Å²) in [4.78, 5) is 0. The first kappa shape index (κ1) is 14.6. The van der Waals surface area contributed by atoms with Crippen LogP contribution in [0.1, 0.15) is 11.1 Å². The Balaban J connectivity index is 2.34. The summed E-state index contributed by atoms with van der Waals surface area (Å²) in [6.45, 7) is 3.93. The third-order valence-corrected chi connectivity index (χ3v) is 3.98. The van der Waals surface area contributed by atoms with Crippen LogP contribution in [0.5, 0.6) is 11.5 Å². The lowest BCUT2D eigenvalue weighted by molar-refractivity contribution is 0.482. The number of fused-ring (bicyclic) bond motifs is 3. The van der Waals surface area contributed by atoms with Crippen molar-refractivity contribution >= 4 is 31.8 Å². The number of hydrogen-bond donors (Lipinski definition) is 2. The molecule has 0 spiro atoms. The monoisotopic (exact) mass is 317 g/mol. The molecule has 0 fully saturated rings. The van der Waals surface area contributed by atoms with Crippen LogP contribution in [0.15, 0.2) is 36.4 Å². The minimum Gasteiger partial charge on any atom is -0.507 e. The molecule has 0 aliphatic rings. The quantitative estimate of drug-likeness (QED) is 0.711. The number of hydrogen-bond acceptors (Lipinski definition) is 4. The van der Waals surface area contributed by atoms with Crippen molar-refractivity contribution in [2.45, 2.75) is 13.8 Å². The lowest BCUT2D eigenvalue weighted by atomic mass is 9.96. The van der Waals surface area contributed by atoms with Gasteiger partial charge in [0.25, 0.3) is 0 Å². The Morgan fingerprint density at radius 3 is 2.45 bits per heavy atom. The fourth-order valence-corrected chi connectivity index (χ4v) is 3.20. The molecule has 6 heteroatoms. The predicted octanol–water partition coefficient (Wildman–Crippen LogP) is 2.90. The summed E-state index contributed by atoms with van der Waals surface area (Å²) in [5.74, 6) is 0.255. The first-order chi connectivity index (χ1) is 10.2. The molecule has 3 N–H and O–H groups in total. The van der Waals surface area contributed by atoms with Crippen LogP contribution in [0, 0.1) is 13.8 Å². The molecule has 0 bridgehead atoms.